The number of aliphatic hydroxyl groups is 2. The third-order valence-electron chi connectivity index (χ3n) is 4.57. The Morgan fingerprint density at radius 3 is 2.32 bits per heavy atom. The molecule has 31 heavy (non-hydrogen) atoms. The molecule has 4 rings (SSSR count). The van der Waals surface area contributed by atoms with Crippen LogP contribution in [0.3, 0.4) is 0 Å². The Hall–Kier alpha value is -3.33. The van der Waals surface area contributed by atoms with Gasteiger partial charge in [-0.05, 0) is 54.1 Å². The van der Waals surface area contributed by atoms with Gasteiger partial charge in [-0.3, -0.25) is 4.79 Å². The molecule has 3 aromatic carbocycles. The normalized spacial score (nSPS) is 13.0. The SMILES string of the molecule is O=C(NCc1ccc(Oc2ccc(F)cc2)cc1)C(O)C(O)c1nc2ccccc2s1. The number of hydrogen-bond donors (Lipinski definition) is 3. The second kappa shape index (κ2) is 9.22. The van der Waals surface area contributed by atoms with Crippen molar-refractivity contribution in [2.75, 3.05) is 0 Å². The zero-order valence-corrected chi connectivity index (χ0v) is 17.1. The quantitative estimate of drug-likeness (QED) is 0.407. The number of benzene rings is 3. The predicted octanol–water partition coefficient (Wildman–Crippen LogP) is 3.94. The van der Waals surface area contributed by atoms with Crippen molar-refractivity contribution in [3.63, 3.8) is 0 Å². The van der Waals surface area contributed by atoms with Crippen LogP contribution in [0.15, 0.2) is 72.8 Å². The lowest BCUT2D eigenvalue weighted by atomic mass is 10.1. The molecule has 1 heterocycles. The summed E-state index contributed by atoms with van der Waals surface area (Å²) in [6.07, 6.45) is -3.05. The molecule has 0 saturated carbocycles. The summed E-state index contributed by atoms with van der Waals surface area (Å²) in [5.74, 6) is 0.0367. The number of aliphatic hydroxyl groups excluding tert-OH is 2. The Morgan fingerprint density at radius 2 is 1.65 bits per heavy atom. The molecule has 2 atom stereocenters. The number of amides is 1. The van der Waals surface area contributed by atoms with E-state index < -0.39 is 18.1 Å². The minimum absolute atomic E-state index is 0.166. The van der Waals surface area contributed by atoms with Crippen molar-refractivity contribution in [3.05, 3.63) is 89.2 Å². The van der Waals surface area contributed by atoms with E-state index in [2.05, 4.69) is 10.3 Å². The van der Waals surface area contributed by atoms with Crippen molar-refractivity contribution in [1.82, 2.24) is 10.3 Å². The van der Waals surface area contributed by atoms with E-state index in [4.69, 9.17) is 4.74 Å². The van der Waals surface area contributed by atoms with Gasteiger partial charge in [-0.1, -0.05) is 24.3 Å². The number of nitrogens with one attached hydrogen (secondary N) is 1. The standard InChI is InChI=1S/C23H19FN2O4S/c24-15-7-11-17(12-8-15)30-16-9-5-14(6-10-16)13-25-22(29)20(27)21(28)23-26-18-3-1-2-4-19(18)31-23/h1-12,20-21,27-28H,13H2,(H,25,29). The number of para-hydroxylation sites is 1. The summed E-state index contributed by atoms with van der Waals surface area (Å²) in [7, 11) is 0. The minimum Gasteiger partial charge on any atom is -0.457 e. The highest BCUT2D eigenvalue weighted by Crippen LogP contribution is 2.28. The van der Waals surface area contributed by atoms with Crippen molar-refractivity contribution < 1.29 is 24.1 Å². The first-order valence-electron chi connectivity index (χ1n) is 9.51. The summed E-state index contributed by atoms with van der Waals surface area (Å²) in [5, 5.41) is 23.5. The van der Waals surface area contributed by atoms with Crippen LogP contribution in [-0.4, -0.2) is 27.2 Å². The molecule has 1 amide bonds. The molecular formula is C23H19FN2O4S. The van der Waals surface area contributed by atoms with Gasteiger partial charge in [-0.2, -0.15) is 0 Å². The number of hydrogen-bond acceptors (Lipinski definition) is 6. The fourth-order valence-corrected chi connectivity index (χ4v) is 3.89. The predicted molar refractivity (Wildman–Crippen MR) is 115 cm³/mol. The lowest BCUT2D eigenvalue weighted by Gasteiger charge is -2.15. The maximum atomic E-state index is 13.0. The largest absolute Gasteiger partial charge is 0.457 e. The molecule has 8 heteroatoms. The lowest BCUT2D eigenvalue weighted by molar-refractivity contribution is -0.135. The van der Waals surface area contributed by atoms with Gasteiger partial charge in [-0.15, -0.1) is 11.3 Å². The summed E-state index contributed by atoms with van der Waals surface area (Å²) < 4.78 is 19.4. The Bertz CT molecular complexity index is 1150. The first-order valence-corrected chi connectivity index (χ1v) is 10.3. The number of thiazole rings is 1. The lowest BCUT2D eigenvalue weighted by Crippen LogP contribution is -2.38. The van der Waals surface area contributed by atoms with Gasteiger partial charge in [0.15, 0.2) is 6.10 Å². The molecule has 0 aliphatic rings. The van der Waals surface area contributed by atoms with Crippen LogP contribution in [0.4, 0.5) is 4.39 Å². The van der Waals surface area contributed by atoms with Crippen LogP contribution < -0.4 is 10.1 Å². The molecule has 6 nitrogen and oxygen atoms in total. The monoisotopic (exact) mass is 438 g/mol. The maximum absolute atomic E-state index is 13.0. The summed E-state index contributed by atoms with van der Waals surface area (Å²) in [6.45, 7) is 0.166. The Morgan fingerprint density at radius 1 is 1.00 bits per heavy atom. The third kappa shape index (κ3) is 5.05. The number of ether oxygens (including phenoxy) is 1. The second-order valence-electron chi connectivity index (χ2n) is 6.83. The summed E-state index contributed by atoms with van der Waals surface area (Å²) in [4.78, 5) is 16.6. The Kier molecular flexibility index (Phi) is 6.22. The van der Waals surface area contributed by atoms with Crippen LogP contribution in [0.25, 0.3) is 10.2 Å². The van der Waals surface area contributed by atoms with Crippen molar-refractivity contribution in [1.29, 1.82) is 0 Å². The number of carbonyl (C=O) groups is 1. The maximum Gasteiger partial charge on any atom is 0.252 e. The Balaban J connectivity index is 1.32. The molecule has 0 spiro atoms. The van der Waals surface area contributed by atoms with Crippen LogP contribution in [0.5, 0.6) is 11.5 Å². The van der Waals surface area contributed by atoms with Gasteiger partial charge in [0.05, 0.1) is 10.2 Å². The van der Waals surface area contributed by atoms with E-state index in [0.717, 1.165) is 10.3 Å². The number of halogens is 1. The van der Waals surface area contributed by atoms with Gasteiger partial charge in [0, 0.05) is 6.54 Å². The van der Waals surface area contributed by atoms with Crippen molar-refractivity contribution in [2.24, 2.45) is 0 Å². The number of carbonyl (C=O) groups excluding carboxylic acids is 1. The van der Waals surface area contributed by atoms with Gasteiger partial charge < -0.3 is 20.3 Å². The highest BCUT2D eigenvalue weighted by Gasteiger charge is 2.28. The fraction of sp³-hybridized carbons (Fsp3) is 0.130. The second-order valence-corrected chi connectivity index (χ2v) is 7.89. The third-order valence-corrected chi connectivity index (χ3v) is 5.68. The zero-order chi connectivity index (χ0) is 21.8. The molecule has 1 aromatic heterocycles. The first kappa shape index (κ1) is 20.9. The summed E-state index contributed by atoms with van der Waals surface area (Å²) in [6, 6.07) is 20.0. The molecule has 0 fully saturated rings. The van der Waals surface area contributed by atoms with Crippen LogP contribution in [-0.2, 0) is 11.3 Å². The molecule has 4 aromatic rings. The number of rotatable bonds is 7. The van der Waals surface area contributed by atoms with E-state index in [9.17, 15) is 19.4 Å². The first-order chi connectivity index (χ1) is 15.0. The van der Waals surface area contributed by atoms with Crippen molar-refractivity contribution in [3.8, 4) is 11.5 Å². The van der Waals surface area contributed by atoms with Crippen LogP contribution in [0, 0.1) is 5.82 Å². The molecule has 0 saturated heterocycles. The van der Waals surface area contributed by atoms with Gasteiger partial charge in [0.25, 0.3) is 5.91 Å². The van der Waals surface area contributed by atoms with E-state index in [1.807, 2.05) is 18.2 Å². The molecule has 0 aliphatic heterocycles. The van der Waals surface area contributed by atoms with Crippen LogP contribution in [0.2, 0.25) is 0 Å². The van der Waals surface area contributed by atoms with Gasteiger partial charge in [-0.25, -0.2) is 9.37 Å². The van der Waals surface area contributed by atoms with E-state index in [0.29, 0.717) is 17.0 Å². The molecular weight excluding hydrogens is 419 g/mol. The highest BCUT2D eigenvalue weighted by molar-refractivity contribution is 7.18. The topological polar surface area (TPSA) is 91.7 Å². The van der Waals surface area contributed by atoms with Gasteiger partial charge in [0.1, 0.15) is 28.4 Å². The molecule has 0 bridgehead atoms. The van der Waals surface area contributed by atoms with E-state index in [-0.39, 0.29) is 17.4 Å². The number of nitrogens with zero attached hydrogens (tertiary/aromatic N) is 1. The molecule has 0 radical (unpaired) electrons. The van der Waals surface area contributed by atoms with Crippen molar-refractivity contribution in [2.45, 2.75) is 18.8 Å². The Labute approximate surface area is 181 Å². The van der Waals surface area contributed by atoms with Crippen LogP contribution in [0.1, 0.15) is 16.7 Å². The van der Waals surface area contributed by atoms with E-state index in [1.165, 1.54) is 35.6 Å². The molecule has 0 aliphatic carbocycles. The van der Waals surface area contributed by atoms with Gasteiger partial charge >= 0.3 is 0 Å². The van der Waals surface area contributed by atoms with Crippen molar-refractivity contribution >= 4 is 27.5 Å². The van der Waals surface area contributed by atoms with Gasteiger partial charge in [0.2, 0.25) is 0 Å². The van der Waals surface area contributed by atoms with Crippen LogP contribution >= 0.6 is 11.3 Å². The zero-order valence-electron chi connectivity index (χ0n) is 16.2. The summed E-state index contributed by atoms with van der Waals surface area (Å²) in [5.41, 5.74) is 1.48. The minimum atomic E-state index is -1.64. The van der Waals surface area contributed by atoms with E-state index >= 15 is 0 Å². The number of aromatic nitrogens is 1. The smallest absolute Gasteiger partial charge is 0.252 e. The molecule has 3 N–H and O–H groups in total. The highest BCUT2D eigenvalue weighted by atomic mass is 32.1. The summed E-state index contributed by atoms with van der Waals surface area (Å²) >= 11 is 1.23. The van der Waals surface area contributed by atoms with E-state index in [1.54, 1.807) is 30.3 Å². The molecule has 158 valence electrons. The fourth-order valence-electron chi connectivity index (χ4n) is 2.90. The average molecular weight is 438 g/mol. The average Bonchev–Trinajstić information content (AvgIpc) is 3.23. The molecule has 2 unspecified atom stereocenters. The number of fused-ring (bicyclic) bond motifs is 1.